The van der Waals surface area contributed by atoms with Crippen LogP contribution in [0.2, 0.25) is 0 Å². The number of nitrogens with zero attached hydrogens (tertiary/aromatic N) is 4. The minimum atomic E-state index is -9.74. The summed E-state index contributed by atoms with van der Waals surface area (Å²) in [5.41, 5.74) is 0.480. The molecule has 1 aliphatic heterocycles. The van der Waals surface area contributed by atoms with Crippen molar-refractivity contribution in [1.82, 2.24) is 19.7 Å². The van der Waals surface area contributed by atoms with Crippen LogP contribution < -0.4 is 0 Å². The lowest BCUT2D eigenvalue weighted by molar-refractivity contribution is -0.137. The Hall–Kier alpha value is -2.03. The molecule has 0 bridgehead atoms. The summed E-state index contributed by atoms with van der Waals surface area (Å²) in [4.78, 5) is 0.361. The zero-order chi connectivity index (χ0) is 27.6. The number of halogens is 9. The molecule has 1 saturated heterocycles. The van der Waals surface area contributed by atoms with Gasteiger partial charge in [0.25, 0.3) is 0 Å². The van der Waals surface area contributed by atoms with Crippen LogP contribution in [-0.4, -0.2) is 45.1 Å². The van der Waals surface area contributed by atoms with Gasteiger partial charge < -0.3 is 9.47 Å². The lowest BCUT2D eigenvalue weighted by Crippen LogP contribution is -2.28. The van der Waals surface area contributed by atoms with Crippen molar-refractivity contribution in [1.29, 1.82) is 0 Å². The first kappa shape index (κ1) is 29.9. The fraction of sp³-hybridized carbons (Fsp3) is 0.417. The maximum Gasteiger partial charge on any atom is 0.416 e. The molecule has 0 radical (unpaired) electrons. The summed E-state index contributed by atoms with van der Waals surface area (Å²) in [5.74, 6) is 1.40. The number of likely N-dealkylation sites (tertiary alicyclic amines) is 1. The Morgan fingerprint density at radius 3 is 2.21 bits per heavy atom. The summed E-state index contributed by atoms with van der Waals surface area (Å²) in [6.45, 7) is 2.51. The molecule has 39 heavy (non-hydrogen) atoms. The van der Waals surface area contributed by atoms with Gasteiger partial charge in [-0.3, -0.25) is 0 Å². The topological polar surface area (TPSA) is 34.0 Å². The zero-order valence-electron chi connectivity index (χ0n) is 20.5. The minimum absolute atomic E-state index is 0. The Balaban J connectivity index is 0.00000353. The summed E-state index contributed by atoms with van der Waals surface area (Å²) < 4.78 is 105. The van der Waals surface area contributed by atoms with Crippen LogP contribution in [0.3, 0.4) is 0 Å². The number of piperidine rings is 1. The molecule has 3 aromatic rings. The first-order valence-electron chi connectivity index (χ1n) is 11.7. The van der Waals surface area contributed by atoms with Crippen molar-refractivity contribution in [3.63, 3.8) is 0 Å². The number of hydrogen-bond donors (Lipinski definition) is 0. The molecule has 4 nitrogen and oxygen atoms in total. The van der Waals surface area contributed by atoms with Crippen LogP contribution in [0.15, 0.2) is 58.6 Å². The molecule has 1 aromatic heterocycles. The summed E-state index contributed by atoms with van der Waals surface area (Å²) >= 11 is 1.43. The summed E-state index contributed by atoms with van der Waals surface area (Å²) in [5, 5.41) is 8.62. The highest BCUT2D eigenvalue weighted by Gasteiger charge is 2.65. The first-order chi connectivity index (χ1) is 17.5. The van der Waals surface area contributed by atoms with Crippen molar-refractivity contribution in [2.24, 2.45) is 13.0 Å². The molecule has 2 aliphatic rings. The van der Waals surface area contributed by atoms with Crippen molar-refractivity contribution < 1.29 is 32.6 Å². The van der Waals surface area contributed by atoms with Crippen molar-refractivity contribution in [3.8, 4) is 11.4 Å². The molecule has 2 heterocycles. The molecule has 2 fully saturated rings. The van der Waals surface area contributed by atoms with Gasteiger partial charge in [0.05, 0.1) is 5.56 Å². The zero-order valence-corrected chi connectivity index (χ0v) is 22.9. The third kappa shape index (κ3) is 6.18. The van der Waals surface area contributed by atoms with E-state index in [2.05, 4.69) is 15.1 Å². The van der Waals surface area contributed by atoms with E-state index in [1.807, 2.05) is 0 Å². The standard InChI is InChI=1S/C24H24F8N4S2.ClH/c1-35-21(16-3-9-20(10-4-16)38(28,29,30,31)32)33-34-22(35)37-12-2-11-36-14-19-13-23(19,15-36)17-5-7-18(8-6-17)24(25,26)27;/h3-10,19H,2,11-15H2,1H3;1H/t19-,23+;/m0./s1. The second kappa shape index (κ2) is 9.25. The molecule has 0 unspecified atom stereocenters. The molecule has 2 atom stereocenters. The third-order valence-electron chi connectivity index (χ3n) is 7.25. The van der Waals surface area contributed by atoms with Gasteiger partial charge in [0, 0.05) is 36.9 Å². The molecule has 0 amide bonds. The van der Waals surface area contributed by atoms with Crippen LogP contribution in [-0.2, 0) is 18.6 Å². The van der Waals surface area contributed by atoms with E-state index in [4.69, 9.17) is 0 Å². The largest absolute Gasteiger partial charge is 0.416 e. The van der Waals surface area contributed by atoms with Gasteiger partial charge in [0.15, 0.2) is 11.0 Å². The number of thioether (sulfide) groups is 1. The van der Waals surface area contributed by atoms with E-state index in [0.29, 0.717) is 29.0 Å². The number of alkyl halides is 3. The second-order valence-electron chi connectivity index (χ2n) is 9.93. The predicted molar refractivity (Wildman–Crippen MR) is 138 cm³/mol. The monoisotopic (exact) mass is 620 g/mol. The Labute approximate surface area is 230 Å². The van der Waals surface area contributed by atoms with Gasteiger partial charge in [-0.1, -0.05) is 43.3 Å². The average molecular weight is 621 g/mol. The van der Waals surface area contributed by atoms with Gasteiger partial charge in [0.2, 0.25) is 0 Å². The van der Waals surface area contributed by atoms with Crippen molar-refractivity contribution in [2.45, 2.75) is 34.5 Å². The molecule has 2 aromatic carbocycles. The molecular weight excluding hydrogens is 596 g/mol. The third-order valence-corrected chi connectivity index (χ3v) is 9.52. The van der Waals surface area contributed by atoms with Gasteiger partial charge in [-0.05, 0) is 67.3 Å². The molecule has 0 N–H and O–H groups in total. The number of hydrogen-bond acceptors (Lipinski definition) is 4. The predicted octanol–water partition coefficient (Wildman–Crippen LogP) is 8.34. The first-order valence-corrected chi connectivity index (χ1v) is 14.7. The van der Waals surface area contributed by atoms with Crippen LogP contribution in [0, 0.1) is 5.92 Å². The van der Waals surface area contributed by atoms with E-state index in [0.717, 1.165) is 62.3 Å². The SMILES string of the molecule is Cl.Cn1c(SCCCN2C[C@@H]3C[C@]3(c3ccc(C(F)(F)F)cc3)C2)nnc1-c1ccc(S(F)(F)(F)(F)F)cc1. The Kier molecular flexibility index (Phi) is 7.10. The van der Waals surface area contributed by atoms with Crippen LogP contribution in [0.25, 0.3) is 11.4 Å². The van der Waals surface area contributed by atoms with E-state index in [1.54, 1.807) is 23.7 Å². The average Bonchev–Trinajstić information content (AvgIpc) is 3.19. The molecule has 1 saturated carbocycles. The minimum Gasteiger partial charge on any atom is -0.305 e. The van der Waals surface area contributed by atoms with Gasteiger partial charge in [-0.2, -0.15) is 13.2 Å². The van der Waals surface area contributed by atoms with E-state index >= 15 is 0 Å². The lowest BCUT2D eigenvalue weighted by atomic mass is 9.94. The van der Waals surface area contributed by atoms with Crippen LogP contribution in [0.4, 0.5) is 32.6 Å². The van der Waals surface area contributed by atoms with Gasteiger partial charge >= 0.3 is 16.4 Å². The quantitative estimate of drug-likeness (QED) is 0.144. The maximum atomic E-state index is 13.0. The van der Waals surface area contributed by atoms with E-state index < -0.39 is 26.9 Å². The van der Waals surface area contributed by atoms with E-state index in [-0.39, 0.29) is 29.2 Å². The van der Waals surface area contributed by atoms with Gasteiger partial charge in [0.1, 0.15) is 4.90 Å². The second-order valence-corrected chi connectivity index (χ2v) is 13.4. The van der Waals surface area contributed by atoms with Crippen molar-refractivity contribution in [3.05, 3.63) is 59.7 Å². The lowest BCUT2D eigenvalue weighted by Gasteiger charge is -2.40. The van der Waals surface area contributed by atoms with Crippen LogP contribution in [0.1, 0.15) is 24.0 Å². The highest BCUT2D eigenvalue weighted by molar-refractivity contribution is 8.45. The summed E-state index contributed by atoms with van der Waals surface area (Å²) in [6.07, 6.45) is -2.55. The van der Waals surface area contributed by atoms with Crippen molar-refractivity contribution in [2.75, 3.05) is 25.4 Å². The molecule has 0 spiro atoms. The fourth-order valence-corrected chi connectivity index (χ4v) is 6.69. The molecule has 15 heteroatoms. The maximum absolute atomic E-state index is 13.0. The highest BCUT2D eigenvalue weighted by Crippen LogP contribution is 3.02. The molecule has 5 rings (SSSR count). The number of aromatic nitrogens is 3. The number of rotatable bonds is 8. The Morgan fingerprint density at radius 1 is 0.974 bits per heavy atom. The summed E-state index contributed by atoms with van der Waals surface area (Å²) in [6, 6.07) is 8.11. The highest BCUT2D eigenvalue weighted by atomic mass is 35.5. The normalized spacial score (nSPS) is 23.1. The van der Waals surface area contributed by atoms with Gasteiger partial charge in [-0.25, -0.2) is 0 Å². The number of benzene rings is 2. The van der Waals surface area contributed by atoms with Crippen LogP contribution >= 0.6 is 34.4 Å². The molecular formula is C24H25ClF8N4S2. The van der Waals surface area contributed by atoms with Crippen LogP contribution in [0.5, 0.6) is 0 Å². The van der Waals surface area contributed by atoms with Crippen molar-refractivity contribution >= 4 is 34.4 Å². The summed E-state index contributed by atoms with van der Waals surface area (Å²) in [7, 11) is -8.09. The van der Waals surface area contributed by atoms with Gasteiger partial charge in [-0.15, -0.1) is 22.6 Å². The molecule has 216 valence electrons. The Morgan fingerprint density at radius 2 is 1.62 bits per heavy atom. The van der Waals surface area contributed by atoms with E-state index in [1.165, 1.54) is 11.8 Å². The smallest absolute Gasteiger partial charge is 0.305 e. The Bertz CT molecular complexity index is 1350. The molecule has 1 aliphatic carbocycles. The fourth-order valence-electron chi connectivity index (χ4n) is 5.20. The number of fused-ring (bicyclic) bond motifs is 1. The van der Waals surface area contributed by atoms with E-state index in [9.17, 15) is 32.6 Å².